The number of aliphatic hydroxyl groups is 1. The Kier molecular flexibility index (Phi) is 4.23. The Morgan fingerprint density at radius 2 is 2.22 bits per heavy atom. The SMILES string of the molecule is O=CC1CCCN1C(=CO)OCc1ccccc1. The van der Waals surface area contributed by atoms with Gasteiger partial charge >= 0.3 is 0 Å². The summed E-state index contributed by atoms with van der Waals surface area (Å²) in [6, 6.07) is 9.54. The molecule has 0 aliphatic carbocycles. The van der Waals surface area contributed by atoms with Gasteiger partial charge in [-0.1, -0.05) is 30.3 Å². The molecule has 1 fully saturated rings. The van der Waals surface area contributed by atoms with Crippen molar-refractivity contribution in [1.29, 1.82) is 0 Å². The van der Waals surface area contributed by atoms with Gasteiger partial charge < -0.3 is 19.5 Å². The Morgan fingerprint density at radius 1 is 1.44 bits per heavy atom. The Balaban J connectivity index is 1.96. The monoisotopic (exact) mass is 247 g/mol. The zero-order valence-corrected chi connectivity index (χ0v) is 10.2. The van der Waals surface area contributed by atoms with Gasteiger partial charge in [0.25, 0.3) is 0 Å². The highest BCUT2D eigenvalue weighted by Gasteiger charge is 2.26. The van der Waals surface area contributed by atoms with Gasteiger partial charge in [0.1, 0.15) is 19.2 Å². The van der Waals surface area contributed by atoms with E-state index in [1.165, 1.54) is 0 Å². The number of aldehydes is 1. The maximum Gasteiger partial charge on any atom is 0.225 e. The van der Waals surface area contributed by atoms with Crippen LogP contribution in [0.3, 0.4) is 0 Å². The average molecular weight is 247 g/mol. The van der Waals surface area contributed by atoms with Crippen LogP contribution >= 0.6 is 0 Å². The van der Waals surface area contributed by atoms with E-state index in [9.17, 15) is 9.90 Å². The molecule has 18 heavy (non-hydrogen) atoms. The number of nitrogens with zero attached hydrogens (tertiary/aromatic N) is 1. The van der Waals surface area contributed by atoms with Crippen molar-refractivity contribution in [2.75, 3.05) is 6.54 Å². The van der Waals surface area contributed by atoms with Crippen LogP contribution in [0.4, 0.5) is 0 Å². The van der Waals surface area contributed by atoms with Crippen molar-refractivity contribution in [3.8, 4) is 0 Å². The zero-order chi connectivity index (χ0) is 12.8. The summed E-state index contributed by atoms with van der Waals surface area (Å²) < 4.78 is 5.57. The summed E-state index contributed by atoms with van der Waals surface area (Å²) in [5, 5.41) is 9.23. The molecule has 4 nitrogen and oxygen atoms in total. The molecule has 1 aromatic carbocycles. The number of benzene rings is 1. The van der Waals surface area contributed by atoms with Crippen LogP contribution in [-0.4, -0.2) is 28.9 Å². The Labute approximate surface area is 106 Å². The van der Waals surface area contributed by atoms with Gasteiger partial charge in [0, 0.05) is 6.54 Å². The number of carbonyl (C=O) groups excluding carboxylic acids is 1. The van der Waals surface area contributed by atoms with Gasteiger partial charge in [0.2, 0.25) is 5.88 Å². The molecule has 96 valence electrons. The smallest absolute Gasteiger partial charge is 0.225 e. The van der Waals surface area contributed by atoms with Crippen LogP contribution in [0.25, 0.3) is 0 Å². The fourth-order valence-electron chi connectivity index (χ4n) is 2.13. The van der Waals surface area contributed by atoms with Gasteiger partial charge in [0.05, 0.1) is 6.04 Å². The highest BCUT2D eigenvalue weighted by atomic mass is 16.5. The van der Waals surface area contributed by atoms with Crippen molar-refractivity contribution < 1.29 is 14.6 Å². The van der Waals surface area contributed by atoms with E-state index >= 15 is 0 Å². The molecule has 1 heterocycles. The molecule has 0 amide bonds. The molecule has 0 saturated carbocycles. The second-order valence-electron chi connectivity index (χ2n) is 4.28. The molecule has 0 radical (unpaired) electrons. The Bertz CT molecular complexity index is 416. The molecule has 1 aromatic rings. The lowest BCUT2D eigenvalue weighted by Gasteiger charge is -2.24. The maximum atomic E-state index is 10.9. The molecule has 1 atom stereocenters. The van der Waals surface area contributed by atoms with Gasteiger partial charge in [-0.3, -0.25) is 0 Å². The minimum Gasteiger partial charge on any atom is -0.510 e. The first kappa shape index (κ1) is 12.5. The van der Waals surface area contributed by atoms with Crippen molar-refractivity contribution in [3.63, 3.8) is 0 Å². The van der Waals surface area contributed by atoms with E-state index in [0.717, 1.165) is 37.5 Å². The van der Waals surface area contributed by atoms with Gasteiger partial charge in [-0.25, -0.2) is 0 Å². The molecule has 1 aliphatic rings. The molecule has 0 bridgehead atoms. The fourth-order valence-corrected chi connectivity index (χ4v) is 2.13. The van der Waals surface area contributed by atoms with Gasteiger partial charge in [-0.05, 0) is 18.4 Å². The first-order chi connectivity index (χ1) is 8.85. The third kappa shape index (κ3) is 2.83. The quantitative estimate of drug-likeness (QED) is 0.640. The zero-order valence-electron chi connectivity index (χ0n) is 10.2. The van der Waals surface area contributed by atoms with E-state index in [0.29, 0.717) is 12.5 Å². The van der Waals surface area contributed by atoms with Crippen molar-refractivity contribution in [2.24, 2.45) is 0 Å². The molecule has 0 aromatic heterocycles. The standard InChI is InChI=1S/C14H17NO3/c16-9-13-7-4-8-15(13)14(10-17)18-11-12-5-2-1-3-6-12/h1-3,5-6,9-10,13,17H,4,7-8,11H2. The third-order valence-electron chi connectivity index (χ3n) is 3.08. The highest BCUT2D eigenvalue weighted by Crippen LogP contribution is 2.22. The van der Waals surface area contributed by atoms with Crippen molar-refractivity contribution in [3.05, 3.63) is 48.0 Å². The van der Waals surface area contributed by atoms with E-state index in [1.54, 1.807) is 4.90 Å². The molecular weight excluding hydrogens is 230 g/mol. The van der Waals surface area contributed by atoms with Gasteiger partial charge in [-0.2, -0.15) is 0 Å². The van der Waals surface area contributed by atoms with Gasteiger partial charge in [0.15, 0.2) is 0 Å². The molecule has 1 unspecified atom stereocenters. The first-order valence-corrected chi connectivity index (χ1v) is 6.08. The van der Waals surface area contributed by atoms with Crippen LogP contribution in [0.1, 0.15) is 18.4 Å². The Morgan fingerprint density at radius 3 is 2.89 bits per heavy atom. The third-order valence-corrected chi connectivity index (χ3v) is 3.08. The Hall–Kier alpha value is -1.97. The van der Waals surface area contributed by atoms with Crippen LogP contribution in [0, 0.1) is 0 Å². The van der Waals surface area contributed by atoms with Crippen molar-refractivity contribution in [1.82, 2.24) is 4.90 Å². The normalized spacial score (nSPS) is 19.9. The highest BCUT2D eigenvalue weighted by molar-refractivity contribution is 5.58. The van der Waals surface area contributed by atoms with E-state index < -0.39 is 0 Å². The van der Waals surface area contributed by atoms with E-state index in [1.807, 2.05) is 30.3 Å². The second-order valence-corrected chi connectivity index (χ2v) is 4.28. The summed E-state index contributed by atoms with van der Waals surface area (Å²) in [6.45, 7) is 1.12. The molecule has 1 N–H and O–H groups in total. The molecule has 1 aliphatic heterocycles. The van der Waals surface area contributed by atoms with Gasteiger partial charge in [-0.15, -0.1) is 0 Å². The topological polar surface area (TPSA) is 49.8 Å². The number of likely N-dealkylation sites (tertiary alicyclic amines) is 1. The lowest BCUT2D eigenvalue weighted by Crippen LogP contribution is -2.31. The predicted molar refractivity (Wildman–Crippen MR) is 67.7 cm³/mol. The van der Waals surface area contributed by atoms with Crippen LogP contribution < -0.4 is 0 Å². The molecule has 1 saturated heterocycles. The number of ether oxygens (including phenoxy) is 1. The molecule has 0 spiro atoms. The van der Waals surface area contributed by atoms with Crippen molar-refractivity contribution in [2.45, 2.75) is 25.5 Å². The van der Waals surface area contributed by atoms with Crippen LogP contribution in [-0.2, 0) is 16.1 Å². The minimum absolute atomic E-state index is 0.181. The van der Waals surface area contributed by atoms with Crippen LogP contribution in [0.2, 0.25) is 0 Å². The average Bonchev–Trinajstić information content (AvgIpc) is 2.89. The van der Waals surface area contributed by atoms with E-state index in [2.05, 4.69) is 0 Å². The number of carbonyl (C=O) groups is 1. The predicted octanol–water partition coefficient (Wildman–Crippen LogP) is 2.22. The lowest BCUT2D eigenvalue weighted by atomic mass is 10.2. The molecule has 4 heteroatoms. The summed E-state index contributed by atoms with van der Waals surface area (Å²) in [4.78, 5) is 12.7. The van der Waals surface area contributed by atoms with E-state index in [4.69, 9.17) is 4.74 Å². The molecule has 2 rings (SSSR count). The second kappa shape index (κ2) is 6.10. The first-order valence-electron chi connectivity index (χ1n) is 6.08. The van der Waals surface area contributed by atoms with E-state index in [-0.39, 0.29) is 6.04 Å². The molecular formula is C14H17NO3. The summed E-state index contributed by atoms with van der Waals surface area (Å²) in [6.07, 6.45) is 3.60. The maximum absolute atomic E-state index is 10.9. The van der Waals surface area contributed by atoms with Crippen LogP contribution in [0.15, 0.2) is 42.5 Å². The number of aliphatic hydroxyl groups excluding tert-OH is 1. The lowest BCUT2D eigenvalue weighted by molar-refractivity contribution is -0.111. The summed E-state index contributed by atoms with van der Waals surface area (Å²) in [5.74, 6) is 0.369. The summed E-state index contributed by atoms with van der Waals surface area (Å²) >= 11 is 0. The fraction of sp³-hybridized carbons (Fsp3) is 0.357. The minimum atomic E-state index is -0.181. The van der Waals surface area contributed by atoms with Crippen LogP contribution in [0.5, 0.6) is 0 Å². The largest absolute Gasteiger partial charge is 0.510 e. The summed E-state index contributed by atoms with van der Waals surface area (Å²) in [5.41, 5.74) is 1.03. The number of hydrogen-bond donors (Lipinski definition) is 1. The number of hydrogen-bond acceptors (Lipinski definition) is 4. The van der Waals surface area contributed by atoms with Crippen molar-refractivity contribution >= 4 is 6.29 Å². The summed E-state index contributed by atoms with van der Waals surface area (Å²) in [7, 11) is 0. The number of rotatable bonds is 5.